The fraction of sp³-hybridized carbons (Fsp3) is 0.714. The van der Waals surface area contributed by atoms with Crippen LogP contribution in [0.2, 0.25) is 0 Å². The molecule has 0 saturated heterocycles. The van der Waals surface area contributed by atoms with E-state index in [1.54, 1.807) is 0 Å². The Morgan fingerprint density at radius 1 is 1.17 bits per heavy atom. The first-order chi connectivity index (χ1) is 8.54. The second-order valence-corrected chi connectivity index (χ2v) is 4.40. The summed E-state index contributed by atoms with van der Waals surface area (Å²) in [5.41, 5.74) is 0.0645. The van der Waals surface area contributed by atoms with Gasteiger partial charge in [0.1, 0.15) is 0 Å². The number of carbonyl (C=O) groups excluding carboxylic acids is 1. The number of carbonyl (C=O) groups is 2. The van der Waals surface area contributed by atoms with E-state index < -0.39 is 17.9 Å². The standard InChI is InChI=1S/C14H24O4/c1-4-6-8-9-12(13(15)16)11(3)14(17)18-10-7-5-2/h12H,3-10H2,1-2H3,(H,15,16). The number of carboxylic acids is 1. The van der Waals surface area contributed by atoms with Crippen LogP contribution in [0.15, 0.2) is 12.2 Å². The van der Waals surface area contributed by atoms with Crippen molar-refractivity contribution in [2.75, 3.05) is 6.61 Å². The Kier molecular flexibility index (Phi) is 8.97. The Hall–Kier alpha value is -1.32. The lowest BCUT2D eigenvalue weighted by molar-refractivity contribution is -0.146. The quantitative estimate of drug-likeness (QED) is 0.370. The van der Waals surface area contributed by atoms with Crippen LogP contribution in [0.3, 0.4) is 0 Å². The first kappa shape index (κ1) is 16.7. The van der Waals surface area contributed by atoms with E-state index in [1.165, 1.54) is 0 Å². The van der Waals surface area contributed by atoms with E-state index in [4.69, 9.17) is 9.84 Å². The van der Waals surface area contributed by atoms with Crippen molar-refractivity contribution < 1.29 is 19.4 Å². The van der Waals surface area contributed by atoms with Crippen LogP contribution >= 0.6 is 0 Å². The summed E-state index contributed by atoms with van der Waals surface area (Å²) in [5, 5.41) is 9.09. The zero-order valence-corrected chi connectivity index (χ0v) is 11.4. The highest BCUT2D eigenvalue weighted by molar-refractivity contribution is 5.94. The van der Waals surface area contributed by atoms with E-state index in [1.807, 2.05) is 13.8 Å². The summed E-state index contributed by atoms with van der Waals surface area (Å²) < 4.78 is 4.98. The van der Waals surface area contributed by atoms with Gasteiger partial charge in [-0.3, -0.25) is 4.79 Å². The molecular weight excluding hydrogens is 232 g/mol. The Labute approximate surface area is 109 Å². The average Bonchev–Trinajstić information content (AvgIpc) is 2.33. The van der Waals surface area contributed by atoms with Gasteiger partial charge in [-0.15, -0.1) is 0 Å². The Morgan fingerprint density at radius 3 is 2.28 bits per heavy atom. The molecular formula is C14H24O4. The van der Waals surface area contributed by atoms with E-state index in [2.05, 4.69) is 6.58 Å². The highest BCUT2D eigenvalue weighted by Gasteiger charge is 2.26. The van der Waals surface area contributed by atoms with E-state index in [-0.39, 0.29) is 5.57 Å². The molecule has 0 rings (SSSR count). The lowest BCUT2D eigenvalue weighted by Gasteiger charge is -2.14. The highest BCUT2D eigenvalue weighted by atomic mass is 16.5. The van der Waals surface area contributed by atoms with Gasteiger partial charge in [0.25, 0.3) is 0 Å². The molecule has 0 aromatic carbocycles. The monoisotopic (exact) mass is 256 g/mol. The van der Waals surface area contributed by atoms with Crippen molar-refractivity contribution >= 4 is 11.9 Å². The van der Waals surface area contributed by atoms with Crippen LogP contribution < -0.4 is 0 Å². The van der Waals surface area contributed by atoms with Crippen LogP contribution in [0.4, 0.5) is 0 Å². The molecule has 18 heavy (non-hydrogen) atoms. The normalized spacial score (nSPS) is 11.9. The van der Waals surface area contributed by atoms with Crippen LogP contribution in [0.5, 0.6) is 0 Å². The summed E-state index contributed by atoms with van der Waals surface area (Å²) in [6.45, 7) is 7.95. The maximum absolute atomic E-state index is 11.6. The van der Waals surface area contributed by atoms with Crippen LogP contribution in [-0.2, 0) is 14.3 Å². The third-order valence-corrected chi connectivity index (χ3v) is 2.81. The van der Waals surface area contributed by atoms with Gasteiger partial charge in [0.05, 0.1) is 12.5 Å². The Bertz CT molecular complexity index is 284. The topological polar surface area (TPSA) is 63.6 Å². The first-order valence-electron chi connectivity index (χ1n) is 6.63. The molecule has 0 bridgehead atoms. The van der Waals surface area contributed by atoms with Crippen molar-refractivity contribution in [3.8, 4) is 0 Å². The van der Waals surface area contributed by atoms with Crippen molar-refractivity contribution in [3.05, 3.63) is 12.2 Å². The van der Waals surface area contributed by atoms with Gasteiger partial charge in [-0.2, -0.15) is 0 Å². The van der Waals surface area contributed by atoms with Crippen molar-refractivity contribution in [1.82, 2.24) is 0 Å². The molecule has 0 aliphatic rings. The van der Waals surface area contributed by atoms with Gasteiger partial charge in [-0.1, -0.05) is 46.1 Å². The summed E-state index contributed by atoms with van der Waals surface area (Å²) >= 11 is 0. The van der Waals surface area contributed by atoms with Gasteiger partial charge in [-0.25, -0.2) is 4.79 Å². The predicted octanol–water partition coefficient (Wildman–Crippen LogP) is 3.17. The largest absolute Gasteiger partial charge is 0.481 e. The summed E-state index contributed by atoms with van der Waals surface area (Å²) in [7, 11) is 0. The number of ether oxygens (including phenoxy) is 1. The highest BCUT2D eigenvalue weighted by Crippen LogP contribution is 2.19. The third kappa shape index (κ3) is 6.42. The number of aliphatic carboxylic acids is 1. The molecule has 0 fully saturated rings. The predicted molar refractivity (Wildman–Crippen MR) is 70.3 cm³/mol. The third-order valence-electron chi connectivity index (χ3n) is 2.81. The van der Waals surface area contributed by atoms with E-state index in [9.17, 15) is 9.59 Å². The molecule has 0 amide bonds. The number of hydrogen-bond donors (Lipinski definition) is 1. The SMILES string of the molecule is C=C(C(=O)OCCCC)C(CCCCC)C(=O)O. The Balaban J connectivity index is 4.28. The fourth-order valence-electron chi connectivity index (χ4n) is 1.59. The van der Waals surface area contributed by atoms with Crippen LogP contribution in [0.25, 0.3) is 0 Å². The van der Waals surface area contributed by atoms with E-state index in [0.29, 0.717) is 13.0 Å². The van der Waals surface area contributed by atoms with E-state index >= 15 is 0 Å². The minimum absolute atomic E-state index is 0.0645. The number of carboxylic acid groups (broad SMARTS) is 1. The second kappa shape index (κ2) is 9.68. The average molecular weight is 256 g/mol. The molecule has 4 nitrogen and oxygen atoms in total. The Morgan fingerprint density at radius 2 is 1.78 bits per heavy atom. The van der Waals surface area contributed by atoms with Gasteiger partial charge in [-0.05, 0) is 12.8 Å². The minimum atomic E-state index is -0.997. The van der Waals surface area contributed by atoms with Gasteiger partial charge in [0.2, 0.25) is 0 Å². The molecule has 0 radical (unpaired) electrons. The molecule has 0 aromatic heterocycles. The van der Waals surface area contributed by atoms with Crippen molar-refractivity contribution in [1.29, 1.82) is 0 Å². The smallest absolute Gasteiger partial charge is 0.334 e. The van der Waals surface area contributed by atoms with Crippen molar-refractivity contribution in [3.63, 3.8) is 0 Å². The van der Waals surface area contributed by atoms with Crippen molar-refractivity contribution in [2.45, 2.75) is 52.4 Å². The zero-order chi connectivity index (χ0) is 14.0. The lowest BCUT2D eigenvalue weighted by Crippen LogP contribution is -2.22. The summed E-state index contributed by atoms with van der Waals surface area (Å²) in [5.74, 6) is -2.39. The van der Waals surface area contributed by atoms with Crippen LogP contribution in [-0.4, -0.2) is 23.7 Å². The van der Waals surface area contributed by atoms with Gasteiger partial charge >= 0.3 is 11.9 Å². The molecule has 1 N–H and O–H groups in total. The molecule has 0 saturated carbocycles. The van der Waals surface area contributed by atoms with Crippen LogP contribution in [0, 0.1) is 5.92 Å². The molecule has 0 aliphatic carbocycles. The van der Waals surface area contributed by atoms with Gasteiger partial charge < -0.3 is 9.84 Å². The molecule has 1 atom stereocenters. The molecule has 104 valence electrons. The number of hydrogen-bond acceptors (Lipinski definition) is 3. The maximum Gasteiger partial charge on any atom is 0.334 e. The van der Waals surface area contributed by atoms with Gasteiger partial charge in [0.15, 0.2) is 0 Å². The zero-order valence-electron chi connectivity index (χ0n) is 11.4. The number of rotatable bonds is 10. The van der Waals surface area contributed by atoms with Crippen molar-refractivity contribution in [2.24, 2.45) is 5.92 Å². The molecule has 0 aromatic rings. The fourth-order valence-corrected chi connectivity index (χ4v) is 1.59. The number of esters is 1. The maximum atomic E-state index is 11.6. The first-order valence-corrected chi connectivity index (χ1v) is 6.63. The van der Waals surface area contributed by atoms with E-state index in [0.717, 1.165) is 32.1 Å². The molecule has 1 unspecified atom stereocenters. The summed E-state index contributed by atoms with van der Waals surface area (Å²) in [6.07, 6.45) is 4.92. The molecule has 0 heterocycles. The lowest BCUT2D eigenvalue weighted by atomic mass is 9.94. The molecule has 4 heteroatoms. The summed E-state index contributed by atoms with van der Waals surface area (Å²) in [6, 6.07) is 0. The minimum Gasteiger partial charge on any atom is -0.481 e. The van der Waals surface area contributed by atoms with Gasteiger partial charge in [0, 0.05) is 5.57 Å². The molecule has 0 aliphatic heterocycles. The molecule has 0 spiro atoms. The second-order valence-electron chi connectivity index (χ2n) is 4.40. The summed E-state index contributed by atoms with van der Waals surface area (Å²) in [4.78, 5) is 22.7. The van der Waals surface area contributed by atoms with Crippen LogP contribution in [0.1, 0.15) is 52.4 Å². The number of unbranched alkanes of at least 4 members (excludes halogenated alkanes) is 3.